The fourth-order valence-corrected chi connectivity index (χ4v) is 2.33. The molecule has 1 fully saturated rings. The van der Waals surface area contributed by atoms with Gasteiger partial charge in [-0.1, -0.05) is 30.3 Å². The largest absolute Gasteiger partial charge is 0.347 e. The van der Waals surface area contributed by atoms with Crippen LogP contribution in [0.4, 0.5) is 11.9 Å². The van der Waals surface area contributed by atoms with Crippen molar-refractivity contribution < 1.29 is 0 Å². The summed E-state index contributed by atoms with van der Waals surface area (Å²) in [5.74, 6) is 2.24. The van der Waals surface area contributed by atoms with Crippen molar-refractivity contribution in [3.05, 3.63) is 30.3 Å². The highest BCUT2D eigenvalue weighted by atomic mass is 15.3. The summed E-state index contributed by atoms with van der Waals surface area (Å²) in [5, 5.41) is 0. The Labute approximate surface area is 119 Å². The highest BCUT2D eigenvalue weighted by Gasteiger charge is 2.18. The van der Waals surface area contributed by atoms with E-state index in [4.69, 9.17) is 0 Å². The highest BCUT2D eigenvalue weighted by molar-refractivity contribution is 5.58. The van der Waals surface area contributed by atoms with E-state index < -0.39 is 0 Å². The number of nitrogens with zero attached hydrogens (tertiary/aromatic N) is 5. The van der Waals surface area contributed by atoms with Gasteiger partial charge in [0.15, 0.2) is 5.82 Å². The molecule has 104 valence electrons. The van der Waals surface area contributed by atoms with Gasteiger partial charge in [-0.05, 0) is 12.8 Å². The van der Waals surface area contributed by atoms with Crippen LogP contribution < -0.4 is 9.80 Å². The Morgan fingerprint density at radius 1 is 0.950 bits per heavy atom. The third kappa shape index (κ3) is 2.57. The third-order valence-electron chi connectivity index (χ3n) is 3.43. The zero-order chi connectivity index (χ0) is 13.9. The van der Waals surface area contributed by atoms with E-state index in [9.17, 15) is 0 Å². The fraction of sp³-hybridized carbons (Fsp3) is 0.400. The minimum Gasteiger partial charge on any atom is -0.347 e. The van der Waals surface area contributed by atoms with Gasteiger partial charge < -0.3 is 9.80 Å². The first-order chi connectivity index (χ1) is 9.74. The summed E-state index contributed by atoms with van der Waals surface area (Å²) in [7, 11) is 3.91. The van der Waals surface area contributed by atoms with Gasteiger partial charge in [0.05, 0.1) is 0 Å². The van der Waals surface area contributed by atoms with Crippen molar-refractivity contribution in [1.29, 1.82) is 0 Å². The molecule has 0 N–H and O–H groups in total. The minimum absolute atomic E-state index is 0.709. The van der Waals surface area contributed by atoms with Gasteiger partial charge >= 0.3 is 0 Å². The van der Waals surface area contributed by atoms with E-state index in [0.717, 1.165) is 30.4 Å². The van der Waals surface area contributed by atoms with Gasteiger partial charge in [-0.25, -0.2) is 0 Å². The Balaban J connectivity index is 2.05. The lowest BCUT2D eigenvalue weighted by Gasteiger charge is -2.18. The Morgan fingerprint density at radius 3 is 2.30 bits per heavy atom. The molecule has 5 heteroatoms. The normalized spacial score (nSPS) is 14.6. The zero-order valence-electron chi connectivity index (χ0n) is 12.0. The van der Waals surface area contributed by atoms with Gasteiger partial charge in [0, 0.05) is 32.7 Å². The van der Waals surface area contributed by atoms with Gasteiger partial charge in [0.1, 0.15) is 0 Å². The summed E-state index contributed by atoms with van der Waals surface area (Å²) in [6.45, 7) is 2.07. The van der Waals surface area contributed by atoms with Crippen LogP contribution in [0, 0.1) is 0 Å². The van der Waals surface area contributed by atoms with Crippen molar-refractivity contribution >= 4 is 11.9 Å². The topological polar surface area (TPSA) is 45.2 Å². The maximum atomic E-state index is 4.65. The molecule has 1 aliphatic heterocycles. The van der Waals surface area contributed by atoms with Crippen molar-refractivity contribution in [2.75, 3.05) is 37.0 Å². The lowest BCUT2D eigenvalue weighted by atomic mass is 10.2. The summed E-state index contributed by atoms with van der Waals surface area (Å²) in [6, 6.07) is 10.1. The fourth-order valence-electron chi connectivity index (χ4n) is 2.33. The SMILES string of the molecule is CN(C)c1nc(-c2ccccc2)nc(N2CCCC2)n1. The van der Waals surface area contributed by atoms with Crippen LogP contribution in [0.15, 0.2) is 30.3 Å². The van der Waals surface area contributed by atoms with Crippen LogP contribution in [0.1, 0.15) is 12.8 Å². The van der Waals surface area contributed by atoms with E-state index >= 15 is 0 Å². The maximum absolute atomic E-state index is 4.65. The molecule has 0 atom stereocenters. The highest BCUT2D eigenvalue weighted by Crippen LogP contribution is 2.22. The standard InChI is InChI=1S/C15H19N5/c1-19(2)14-16-13(12-8-4-3-5-9-12)17-15(18-14)20-10-6-7-11-20/h3-5,8-9H,6-7,10-11H2,1-2H3. The molecule has 3 rings (SSSR count). The molecular formula is C15H19N5. The van der Waals surface area contributed by atoms with E-state index in [1.54, 1.807) is 0 Å². The summed E-state index contributed by atoms with van der Waals surface area (Å²) >= 11 is 0. The first-order valence-electron chi connectivity index (χ1n) is 6.98. The van der Waals surface area contributed by atoms with Crippen LogP contribution in [-0.2, 0) is 0 Å². The monoisotopic (exact) mass is 269 g/mol. The summed E-state index contributed by atoms with van der Waals surface area (Å²) in [6.07, 6.45) is 2.42. The first kappa shape index (κ1) is 12.8. The lowest BCUT2D eigenvalue weighted by molar-refractivity contribution is 0.867. The van der Waals surface area contributed by atoms with E-state index in [-0.39, 0.29) is 0 Å². The second-order valence-corrected chi connectivity index (χ2v) is 5.21. The van der Waals surface area contributed by atoms with Crippen molar-refractivity contribution in [1.82, 2.24) is 15.0 Å². The van der Waals surface area contributed by atoms with E-state index in [1.165, 1.54) is 12.8 Å². The first-order valence-corrected chi connectivity index (χ1v) is 6.98. The molecule has 1 aromatic heterocycles. The number of hydrogen-bond donors (Lipinski definition) is 0. The second kappa shape index (κ2) is 5.45. The smallest absolute Gasteiger partial charge is 0.230 e. The van der Waals surface area contributed by atoms with E-state index in [0.29, 0.717) is 5.95 Å². The number of hydrogen-bond acceptors (Lipinski definition) is 5. The molecule has 0 saturated carbocycles. The summed E-state index contributed by atoms with van der Waals surface area (Å²) < 4.78 is 0. The van der Waals surface area contributed by atoms with Gasteiger partial charge in [-0.15, -0.1) is 0 Å². The molecule has 1 aliphatic rings. The van der Waals surface area contributed by atoms with Crippen LogP contribution in [-0.4, -0.2) is 42.1 Å². The zero-order valence-corrected chi connectivity index (χ0v) is 12.0. The van der Waals surface area contributed by atoms with Crippen LogP contribution >= 0.6 is 0 Å². The molecule has 2 aromatic rings. The number of rotatable bonds is 3. The Bertz CT molecular complexity index is 576. The predicted octanol–water partition coefficient (Wildman–Crippen LogP) is 2.20. The molecule has 20 heavy (non-hydrogen) atoms. The predicted molar refractivity (Wildman–Crippen MR) is 81.0 cm³/mol. The molecule has 2 heterocycles. The van der Waals surface area contributed by atoms with Crippen molar-refractivity contribution in [2.45, 2.75) is 12.8 Å². The molecule has 0 radical (unpaired) electrons. The molecule has 1 aromatic carbocycles. The maximum Gasteiger partial charge on any atom is 0.230 e. The van der Waals surface area contributed by atoms with E-state index in [1.807, 2.05) is 49.3 Å². The summed E-state index contributed by atoms with van der Waals surface area (Å²) in [5.41, 5.74) is 1.03. The lowest BCUT2D eigenvalue weighted by Crippen LogP contribution is -2.23. The number of anilines is 2. The van der Waals surface area contributed by atoms with Crippen LogP contribution in [0.2, 0.25) is 0 Å². The Morgan fingerprint density at radius 2 is 1.65 bits per heavy atom. The average molecular weight is 269 g/mol. The molecule has 5 nitrogen and oxygen atoms in total. The molecule has 0 bridgehead atoms. The minimum atomic E-state index is 0.709. The van der Waals surface area contributed by atoms with Crippen LogP contribution in [0.3, 0.4) is 0 Å². The molecule has 0 aliphatic carbocycles. The van der Waals surface area contributed by atoms with E-state index in [2.05, 4.69) is 19.9 Å². The molecule has 0 amide bonds. The van der Waals surface area contributed by atoms with Crippen LogP contribution in [0.5, 0.6) is 0 Å². The number of benzene rings is 1. The summed E-state index contributed by atoms with van der Waals surface area (Å²) in [4.78, 5) is 17.9. The molecule has 1 saturated heterocycles. The van der Waals surface area contributed by atoms with Gasteiger partial charge in [0.25, 0.3) is 0 Å². The third-order valence-corrected chi connectivity index (χ3v) is 3.43. The average Bonchev–Trinajstić information content (AvgIpc) is 3.02. The quantitative estimate of drug-likeness (QED) is 0.855. The van der Waals surface area contributed by atoms with Gasteiger partial charge in [-0.2, -0.15) is 15.0 Å². The van der Waals surface area contributed by atoms with Crippen molar-refractivity contribution in [3.63, 3.8) is 0 Å². The van der Waals surface area contributed by atoms with Crippen LogP contribution in [0.25, 0.3) is 11.4 Å². The Kier molecular flexibility index (Phi) is 3.50. The van der Waals surface area contributed by atoms with Gasteiger partial charge in [-0.3, -0.25) is 0 Å². The molecular weight excluding hydrogens is 250 g/mol. The number of aromatic nitrogens is 3. The Hall–Kier alpha value is -2.17. The van der Waals surface area contributed by atoms with Crippen molar-refractivity contribution in [2.24, 2.45) is 0 Å². The molecule has 0 spiro atoms. The van der Waals surface area contributed by atoms with Gasteiger partial charge in [0.2, 0.25) is 11.9 Å². The second-order valence-electron chi connectivity index (χ2n) is 5.21. The van der Waals surface area contributed by atoms with Crippen molar-refractivity contribution in [3.8, 4) is 11.4 Å². The molecule has 0 unspecified atom stereocenters.